The monoisotopic (exact) mass is 440 g/mol. The molecule has 1 amide bonds. The lowest BCUT2D eigenvalue weighted by molar-refractivity contribution is -0.122. The molecule has 33 heavy (non-hydrogen) atoms. The van der Waals surface area contributed by atoms with Gasteiger partial charge in [-0.15, -0.1) is 0 Å². The Morgan fingerprint density at radius 2 is 1.64 bits per heavy atom. The van der Waals surface area contributed by atoms with Gasteiger partial charge in [0.2, 0.25) is 5.91 Å². The summed E-state index contributed by atoms with van der Waals surface area (Å²) in [5.74, 6) is -1.48. The zero-order chi connectivity index (χ0) is 23.3. The van der Waals surface area contributed by atoms with Gasteiger partial charge in [-0.1, -0.05) is 78.4 Å². The zero-order valence-corrected chi connectivity index (χ0v) is 19.0. The first-order valence-corrected chi connectivity index (χ1v) is 11.4. The quantitative estimate of drug-likeness (QED) is 0.534. The van der Waals surface area contributed by atoms with Gasteiger partial charge in [-0.25, -0.2) is 0 Å². The summed E-state index contributed by atoms with van der Waals surface area (Å²) in [6.45, 7) is 5.68. The van der Waals surface area contributed by atoms with Gasteiger partial charge in [0.1, 0.15) is 5.54 Å². The number of aliphatic hydroxyl groups is 1. The average molecular weight is 441 g/mol. The fourth-order valence-corrected chi connectivity index (χ4v) is 5.79. The van der Waals surface area contributed by atoms with Gasteiger partial charge >= 0.3 is 0 Å². The molecule has 0 aromatic heterocycles. The molecule has 3 aromatic carbocycles. The summed E-state index contributed by atoms with van der Waals surface area (Å²) in [5, 5.41) is 17.4. The van der Waals surface area contributed by atoms with Gasteiger partial charge in [0.25, 0.3) is 0 Å². The van der Waals surface area contributed by atoms with E-state index in [2.05, 4.69) is 10.6 Å². The van der Waals surface area contributed by atoms with Crippen molar-refractivity contribution in [3.8, 4) is 0 Å². The van der Waals surface area contributed by atoms with Crippen molar-refractivity contribution in [3.63, 3.8) is 0 Å². The number of nitrogens with one attached hydrogen (secondary N) is 2. The van der Waals surface area contributed by atoms with Crippen molar-refractivity contribution in [2.24, 2.45) is 5.92 Å². The minimum atomic E-state index is -1.28. The van der Waals surface area contributed by atoms with Crippen LogP contribution in [0, 0.1) is 19.8 Å². The summed E-state index contributed by atoms with van der Waals surface area (Å²) in [5.41, 5.74) is 3.71. The highest BCUT2D eigenvalue weighted by atomic mass is 16.3. The van der Waals surface area contributed by atoms with Crippen LogP contribution in [-0.4, -0.2) is 28.9 Å². The molecule has 168 valence electrons. The third-order valence-corrected chi connectivity index (χ3v) is 7.15. The number of Topliss-reactive ketones (excluding diaryl/α,β-unsaturated/α-hetero) is 1. The van der Waals surface area contributed by atoms with Gasteiger partial charge in [-0.05, 0) is 31.9 Å². The average Bonchev–Trinajstić information content (AvgIpc) is 3.31. The summed E-state index contributed by atoms with van der Waals surface area (Å²) in [7, 11) is 0. The van der Waals surface area contributed by atoms with Crippen LogP contribution in [0.4, 0.5) is 5.69 Å². The third-order valence-electron chi connectivity index (χ3n) is 7.15. The summed E-state index contributed by atoms with van der Waals surface area (Å²) < 4.78 is 0. The van der Waals surface area contributed by atoms with E-state index in [0.717, 1.165) is 27.9 Å². The second-order valence-corrected chi connectivity index (χ2v) is 9.32. The van der Waals surface area contributed by atoms with Gasteiger partial charge in [-0.2, -0.15) is 0 Å². The molecule has 2 heterocycles. The highest BCUT2D eigenvalue weighted by Crippen LogP contribution is 2.54. The normalized spacial score (nSPS) is 26.8. The number of aryl methyl sites for hydroxylation is 2. The first-order chi connectivity index (χ1) is 15.8. The number of rotatable bonds is 4. The van der Waals surface area contributed by atoms with Crippen LogP contribution in [0.3, 0.4) is 0 Å². The van der Waals surface area contributed by atoms with Gasteiger partial charge in [0.15, 0.2) is 5.78 Å². The number of fused-ring (bicyclic) bond motifs is 2. The van der Waals surface area contributed by atoms with E-state index >= 15 is 0 Å². The number of carbonyl (C=O) groups excluding carboxylic acids is 2. The lowest BCUT2D eigenvalue weighted by Gasteiger charge is -2.31. The van der Waals surface area contributed by atoms with Crippen molar-refractivity contribution in [2.45, 2.75) is 44.4 Å². The van der Waals surface area contributed by atoms with Crippen molar-refractivity contribution < 1.29 is 14.7 Å². The number of carbonyl (C=O) groups is 2. The van der Waals surface area contributed by atoms with Crippen molar-refractivity contribution in [1.82, 2.24) is 5.32 Å². The molecular formula is C28H28N2O3. The fourth-order valence-electron chi connectivity index (χ4n) is 5.79. The molecule has 5 rings (SSSR count). The van der Waals surface area contributed by atoms with Crippen molar-refractivity contribution in [2.75, 3.05) is 5.32 Å². The van der Waals surface area contributed by atoms with Crippen molar-refractivity contribution >= 4 is 17.4 Å². The van der Waals surface area contributed by atoms with E-state index in [1.54, 1.807) is 19.1 Å². The summed E-state index contributed by atoms with van der Waals surface area (Å²) in [6, 6.07) is 22.4. The Morgan fingerprint density at radius 3 is 2.27 bits per heavy atom. The van der Waals surface area contributed by atoms with Crippen molar-refractivity contribution in [3.05, 3.63) is 101 Å². The van der Waals surface area contributed by atoms with Crippen LogP contribution < -0.4 is 10.6 Å². The van der Waals surface area contributed by atoms with E-state index in [9.17, 15) is 14.7 Å². The standard InChI is InChI=1S/C28H28N2O3/c1-16-14-17(2)24-21(15-16)28(27(33)29-24)23(26(32)20-12-8-5-9-13-20)22(25(30-28)18(3)31)19-10-6-4-7-11-19/h4-15,18,22-23,25,30-31H,1-3H3,(H,29,33). The molecule has 1 saturated heterocycles. The summed E-state index contributed by atoms with van der Waals surface area (Å²) >= 11 is 0. The van der Waals surface area contributed by atoms with Gasteiger partial charge in [-0.3, -0.25) is 14.9 Å². The zero-order valence-electron chi connectivity index (χ0n) is 19.0. The summed E-state index contributed by atoms with van der Waals surface area (Å²) in [6.07, 6.45) is -0.775. The molecule has 0 aliphatic carbocycles. The Morgan fingerprint density at radius 1 is 1.00 bits per heavy atom. The molecule has 3 aromatic rings. The lowest BCUT2D eigenvalue weighted by Crippen LogP contribution is -2.52. The number of anilines is 1. The SMILES string of the molecule is Cc1cc(C)c2c(c1)C1(NC(C(C)O)C(c3ccccc3)C1C(=O)c1ccccc1)C(=O)N2. The number of amides is 1. The first-order valence-electron chi connectivity index (χ1n) is 11.4. The second-order valence-electron chi connectivity index (χ2n) is 9.32. The second kappa shape index (κ2) is 7.94. The smallest absolute Gasteiger partial charge is 0.250 e. The van der Waals surface area contributed by atoms with Crippen LogP contribution >= 0.6 is 0 Å². The van der Waals surface area contributed by atoms with Gasteiger partial charge in [0, 0.05) is 28.8 Å². The van der Waals surface area contributed by atoms with E-state index < -0.39 is 29.5 Å². The highest BCUT2D eigenvalue weighted by molar-refractivity contribution is 6.13. The molecule has 1 fully saturated rings. The maximum atomic E-state index is 14.2. The summed E-state index contributed by atoms with van der Waals surface area (Å²) in [4.78, 5) is 28.0. The molecule has 0 radical (unpaired) electrons. The molecule has 0 saturated carbocycles. The largest absolute Gasteiger partial charge is 0.392 e. The number of ketones is 1. The molecule has 2 aliphatic heterocycles. The minimum Gasteiger partial charge on any atom is -0.392 e. The van der Waals surface area contributed by atoms with E-state index in [1.165, 1.54) is 0 Å². The van der Waals surface area contributed by atoms with Crippen LogP contribution in [0.25, 0.3) is 0 Å². The molecule has 5 nitrogen and oxygen atoms in total. The maximum Gasteiger partial charge on any atom is 0.250 e. The molecule has 2 aliphatic rings. The van der Waals surface area contributed by atoms with Crippen LogP contribution in [0.2, 0.25) is 0 Å². The Kier molecular flexibility index (Phi) is 5.19. The number of hydrogen-bond donors (Lipinski definition) is 3. The Hall–Kier alpha value is -3.28. The lowest BCUT2D eigenvalue weighted by atomic mass is 9.69. The van der Waals surface area contributed by atoms with E-state index in [4.69, 9.17) is 0 Å². The Labute approximate surface area is 193 Å². The van der Waals surface area contributed by atoms with Crippen LogP contribution in [-0.2, 0) is 10.3 Å². The third kappa shape index (κ3) is 3.23. The molecule has 0 bridgehead atoms. The van der Waals surface area contributed by atoms with Crippen LogP contribution in [0.5, 0.6) is 0 Å². The number of aliphatic hydroxyl groups excluding tert-OH is 1. The molecular weight excluding hydrogens is 412 g/mol. The predicted molar refractivity (Wildman–Crippen MR) is 128 cm³/mol. The highest BCUT2D eigenvalue weighted by Gasteiger charge is 2.65. The molecule has 1 spiro atoms. The maximum absolute atomic E-state index is 14.2. The van der Waals surface area contributed by atoms with E-state index in [0.29, 0.717) is 5.56 Å². The molecule has 5 atom stereocenters. The number of hydrogen-bond acceptors (Lipinski definition) is 4. The van der Waals surface area contributed by atoms with Gasteiger partial charge < -0.3 is 10.4 Å². The molecule has 5 heteroatoms. The minimum absolute atomic E-state index is 0.109. The first kappa shape index (κ1) is 21.6. The van der Waals surface area contributed by atoms with E-state index in [-0.39, 0.29) is 11.7 Å². The van der Waals surface area contributed by atoms with Crippen LogP contribution in [0.1, 0.15) is 45.5 Å². The fraction of sp³-hybridized carbons (Fsp3) is 0.286. The predicted octanol–water partition coefficient (Wildman–Crippen LogP) is 4.09. The van der Waals surface area contributed by atoms with Gasteiger partial charge in [0.05, 0.1) is 12.0 Å². The van der Waals surface area contributed by atoms with E-state index in [1.807, 2.05) is 74.5 Å². The number of benzene rings is 3. The van der Waals surface area contributed by atoms with Crippen molar-refractivity contribution in [1.29, 1.82) is 0 Å². The Bertz CT molecular complexity index is 1220. The Balaban J connectivity index is 1.79. The molecule has 3 N–H and O–H groups in total. The molecule has 5 unspecified atom stereocenters. The topological polar surface area (TPSA) is 78.4 Å². The van der Waals surface area contributed by atoms with Crippen LogP contribution in [0.15, 0.2) is 72.8 Å².